The van der Waals surface area contributed by atoms with Gasteiger partial charge in [0, 0.05) is 39.1 Å². The zero-order valence-electron chi connectivity index (χ0n) is 9.66. The number of hydrogen-bond donors (Lipinski definition) is 0. The summed E-state index contributed by atoms with van der Waals surface area (Å²) in [5, 5.41) is 0. The normalized spacial score (nSPS) is 23.7. The summed E-state index contributed by atoms with van der Waals surface area (Å²) in [7, 11) is 0. The summed E-state index contributed by atoms with van der Waals surface area (Å²) in [6.07, 6.45) is 3.93. The van der Waals surface area contributed by atoms with E-state index in [-0.39, 0.29) is 5.78 Å². The third kappa shape index (κ3) is 2.13. The van der Waals surface area contributed by atoms with Crippen molar-refractivity contribution in [2.24, 2.45) is 0 Å². The van der Waals surface area contributed by atoms with Crippen molar-refractivity contribution in [1.82, 2.24) is 0 Å². The molecule has 2 rings (SSSR count). The van der Waals surface area contributed by atoms with Crippen LogP contribution in [-0.2, 0) is 19.0 Å². The van der Waals surface area contributed by atoms with Gasteiger partial charge in [0.2, 0.25) is 5.78 Å². The zero-order chi connectivity index (χ0) is 11.4. The Hall–Kier alpha value is -0.870. The average molecular weight is 226 g/mol. The Kier molecular flexibility index (Phi) is 3.61. The lowest BCUT2D eigenvalue weighted by atomic mass is 9.88. The molecule has 0 spiro atoms. The number of hydrogen-bond acceptors (Lipinski definition) is 4. The van der Waals surface area contributed by atoms with Gasteiger partial charge in [0.1, 0.15) is 5.60 Å². The van der Waals surface area contributed by atoms with Crippen molar-refractivity contribution in [1.29, 1.82) is 0 Å². The van der Waals surface area contributed by atoms with Crippen LogP contribution in [0, 0.1) is 0 Å². The second-order valence-corrected chi connectivity index (χ2v) is 4.07. The maximum atomic E-state index is 12.3. The lowest BCUT2D eigenvalue weighted by Gasteiger charge is -2.35. The summed E-state index contributed by atoms with van der Waals surface area (Å²) in [6.45, 7) is 4.23. The molecule has 90 valence electrons. The van der Waals surface area contributed by atoms with E-state index in [1.54, 1.807) is 0 Å². The maximum Gasteiger partial charge on any atom is 0.228 e. The van der Waals surface area contributed by atoms with Crippen LogP contribution in [0.15, 0.2) is 11.8 Å². The molecule has 1 saturated heterocycles. The van der Waals surface area contributed by atoms with Crippen LogP contribution in [-0.4, -0.2) is 37.8 Å². The lowest BCUT2D eigenvalue weighted by Crippen LogP contribution is -2.47. The topological polar surface area (TPSA) is 44.8 Å². The molecular weight excluding hydrogens is 208 g/mol. The first-order chi connectivity index (χ1) is 7.78. The fourth-order valence-corrected chi connectivity index (χ4v) is 2.21. The van der Waals surface area contributed by atoms with E-state index < -0.39 is 5.60 Å². The van der Waals surface area contributed by atoms with E-state index in [9.17, 15) is 4.79 Å². The van der Waals surface area contributed by atoms with Crippen molar-refractivity contribution in [3.8, 4) is 0 Å². The van der Waals surface area contributed by atoms with E-state index in [2.05, 4.69) is 0 Å². The first kappa shape index (κ1) is 11.6. The molecule has 4 nitrogen and oxygen atoms in total. The van der Waals surface area contributed by atoms with Crippen LogP contribution in [0.25, 0.3) is 0 Å². The minimum absolute atomic E-state index is 0.00449. The van der Waals surface area contributed by atoms with E-state index in [0.717, 1.165) is 6.42 Å². The molecule has 2 aliphatic rings. The third-order valence-corrected chi connectivity index (χ3v) is 3.06. The van der Waals surface area contributed by atoms with Gasteiger partial charge in [-0.3, -0.25) is 4.79 Å². The van der Waals surface area contributed by atoms with Crippen LogP contribution >= 0.6 is 0 Å². The molecule has 0 bridgehead atoms. The summed E-state index contributed by atoms with van der Waals surface area (Å²) < 4.78 is 16.3. The van der Waals surface area contributed by atoms with Crippen molar-refractivity contribution in [3.05, 3.63) is 11.8 Å². The standard InChI is InChI=1S/C12H18O4/c1-2-16-12(5-8-14-9-6-12)11(13)10-4-3-7-15-10/h4H,2-3,5-9H2,1H3. The van der Waals surface area contributed by atoms with Crippen molar-refractivity contribution < 1.29 is 19.0 Å². The molecule has 0 unspecified atom stereocenters. The number of ketones is 1. The van der Waals surface area contributed by atoms with Gasteiger partial charge in [0.05, 0.1) is 6.61 Å². The minimum atomic E-state index is -0.705. The van der Waals surface area contributed by atoms with Gasteiger partial charge in [-0.1, -0.05) is 0 Å². The Morgan fingerprint density at radius 2 is 2.19 bits per heavy atom. The molecule has 0 radical (unpaired) electrons. The first-order valence-electron chi connectivity index (χ1n) is 5.88. The molecule has 0 atom stereocenters. The Balaban J connectivity index is 2.13. The van der Waals surface area contributed by atoms with Crippen LogP contribution in [0.5, 0.6) is 0 Å². The summed E-state index contributed by atoms with van der Waals surface area (Å²) >= 11 is 0. The van der Waals surface area contributed by atoms with E-state index in [1.165, 1.54) is 0 Å². The van der Waals surface area contributed by atoms with Crippen LogP contribution < -0.4 is 0 Å². The molecule has 0 aromatic rings. The van der Waals surface area contributed by atoms with Crippen LogP contribution in [0.4, 0.5) is 0 Å². The molecule has 2 aliphatic heterocycles. The van der Waals surface area contributed by atoms with E-state index >= 15 is 0 Å². The number of ether oxygens (including phenoxy) is 3. The molecule has 0 aromatic carbocycles. The van der Waals surface area contributed by atoms with Crippen molar-refractivity contribution in [3.63, 3.8) is 0 Å². The predicted molar refractivity (Wildman–Crippen MR) is 58.1 cm³/mol. The van der Waals surface area contributed by atoms with E-state index in [1.807, 2.05) is 13.0 Å². The van der Waals surface area contributed by atoms with Gasteiger partial charge in [0.15, 0.2) is 5.76 Å². The molecule has 1 fully saturated rings. The van der Waals surface area contributed by atoms with Crippen LogP contribution in [0.1, 0.15) is 26.2 Å². The summed E-state index contributed by atoms with van der Waals surface area (Å²) in [4.78, 5) is 12.3. The number of carbonyl (C=O) groups excluding carboxylic acids is 1. The largest absolute Gasteiger partial charge is 0.490 e. The van der Waals surface area contributed by atoms with Gasteiger partial charge in [0.25, 0.3) is 0 Å². The van der Waals surface area contributed by atoms with E-state index in [4.69, 9.17) is 14.2 Å². The molecule has 0 saturated carbocycles. The second kappa shape index (κ2) is 4.97. The Morgan fingerprint density at radius 3 is 2.75 bits per heavy atom. The highest BCUT2D eigenvalue weighted by Crippen LogP contribution is 2.30. The lowest BCUT2D eigenvalue weighted by molar-refractivity contribution is -0.156. The van der Waals surface area contributed by atoms with Crippen LogP contribution in [0.2, 0.25) is 0 Å². The first-order valence-corrected chi connectivity index (χ1v) is 5.88. The number of rotatable bonds is 4. The minimum Gasteiger partial charge on any atom is -0.490 e. The molecule has 16 heavy (non-hydrogen) atoms. The average Bonchev–Trinajstić information content (AvgIpc) is 2.83. The smallest absolute Gasteiger partial charge is 0.228 e. The van der Waals surface area contributed by atoms with Crippen molar-refractivity contribution >= 4 is 5.78 Å². The van der Waals surface area contributed by atoms with E-state index in [0.29, 0.717) is 45.0 Å². The Bertz CT molecular complexity index is 284. The Morgan fingerprint density at radius 1 is 1.44 bits per heavy atom. The van der Waals surface area contributed by atoms with Gasteiger partial charge >= 0.3 is 0 Å². The molecule has 0 N–H and O–H groups in total. The van der Waals surface area contributed by atoms with Gasteiger partial charge in [-0.05, 0) is 13.0 Å². The molecular formula is C12H18O4. The molecule has 0 amide bonds. The maximum absolute atomic E-state index is 12.3. The summed E-state index contributed by atoms with van der Waals surface area (Å²) in [5.74, 6) is 0.477. The highest BCUT2D eigenvalue weighted by Gasteiger charge is 2.43. The molecule has 0 aliphatic carbocycles. The SMILES string of the molecule is CCOC1(C(=O)C2=CCCO2)CCOCC1. The highest BCUT2D eigenvalue weighted by atomic mass is 16.5. The molecule has 4 heteroatoms. The van der Waals surface area contributed by atoms with Gasteiger partial charge in [-0.25, -0.2) is 0 Å². The monoisotopic (exact) mass is 226 g/mol. The van der Waals surface area contributed by atoms with Crippen molar-refractivity contribution in [2.45, 2.75) is 31.8 Å². The fraction of sp³-hybridized carbons (Fsp3) is 0.750. The summed E-state index contributed by atoms with van der Waals surface area (Å²) in [6, 6.07) is 0. The predicted octanol–water partition coefficient (Wildman–Crippen LogP) is 1.45. The van der Waals surface area contributed by atoms with Gasteiger partial charge < -0.3 is 14.2 Å². The number of Topliss-reactive ketones (excluding diaryl/α,β-unsaturated/α-hetero) is 1. The van der Waals surface area contributed by atoms with Gasteiger partial charge in [-0.2, -0.15) is 0 Å². The molecule has 2 heterocycles. The number of carbonyl (C=O) groups is 1. The second-order valence-electron chi connectivity index (χ2n) is 4.07. The fourth-order valence-electron chi connectivity index (χ4n) is 2.21. The Labute approximate surface area is 95.6 Å². The third-order valence-electron chi connectivity index (χ3n) is 3.06. The van der Waals surface area contributed by atoms with Crippen molar-refractivity contribution in [2.75, 3.05) is 26.4 Å². The quantitative estimate of drug-likeness (QED) is 0.727. The van der Waals surface area contributed by atoms with Gasteiger partial charge in [-0.15, -0.1) is 0 Å². The molecule has 0 aromatic heterocycles. The highest BCUT2D eigenvalue weighted by molar-refractivity contribution is 6.00. The zero-order valence-corrected chi connectivity index (χ0v) is 9.66. The van der Waals surface area contributed by atoms with Crippen LogP contribution in [0.3, 0.4) is 0 Å². The summed E-state index contributed by atoms with van der Waals surface area (Å²) in [5.41, 5.74) is -0.705.